The molecular weight excluding hydrogens is 297 g/mol. The first kappa shape index (κ1) is 17.3. The van der Waals surface area contributed by atoms with Crippen molar-refractivity contribution in [3.8, 4) is 0 Å². The van der Waals surface area contributed by atoms with Crippen molar-refractivity contribution in [3.05, 3.63) is 47.7 Å². The molecule has 1 N–H and O–H groups in total. The molecule has 1 aromatic rings. The molecule has 2 unspecified atom stereocenters. The fraction of sp³-hybridized carbons (Fsp3) is 0.500. The van der Waals surface area contributed by atoms with Crippen LogP contribution in [0.1, 0.15) is 31.7 Å². The number of allylic oxidation sites excluding steroid dienone is 1. The number of unbranched alkanes of at least 4 members (excludes halogenated alkanes) is 1. The standard InChI is InChI=1S/C18H24FNO3/c1-2-3-9-17(21)15-10-16(19)12-20(11-15)18(22)23-13-14-7-5-4-6-8-14/h4-9,15-16,21H,2-3,10-13H2,1H3/b17-9-. The zero-order valence-electron chi connectivity index (χ0n) is 13.5. The molecule has 23 heavy (non-hydrogen) atoms. The molecule has 1 aliphatic heterocycles. The molecule has 0 aliphatic carbocycles. The van der Waals surface area contributed by atoms with E-state index in [1.54, 1.807) is 6.08 Å². The average molecular weight is 321 g/mol. The highest BCUT2D eigenvalue weighted by atomic mass is 19.1. The van der Waals surface area contributed by atoms with E-state index in [-0.39, 0.29) is 31.2 Å². The van der Waals surface area contributed by atoms with Gasteiger partial charge in [0.2, 0.25) is 0 Å². The second-order valence-electron chi connectivity index (χ2n) is 5.89. The highest BCUT2D eigenvalue weighted by Crippen LogP contribution is 2.25. The zero-order valence-corrected chi connectivity index (χ0v) is 13.5. The van der Waals surface area contributed by atoms with E-state index in [4.69, 9.17) is 4.74 Å². The summed E-state index contributed by atoms with van der Waals surface area (Å²) in [6, 6.07) is 9.36. The van der Waals surface area contributed by atoms with Crippen molar-refractivity contribution < 1.29 is 19.0 Å². The van der Waals surface area contributed by atoms with Crippen molar-refractivity contribution in [3.63, 3.8) is 0 Å². The van der Waals surface area contributed by atoms with E-state index in [1.807, 2.05) is 37.3 Å². The largest absolute Gasteiger partial charge is 0.512 e. The third-order valence-corrected chi connectivity index (χ3v) is 3.92. The number of rotatable bonds is 5. The molecule has 0 bridgehead atoms. The van der Waals surface area contributed by atoms with Crippen LogP contribution >= 0.6 is 0 Å². The predicted octanol–water partition coefficient (Wildman–Crippen LogP) is 4.23. The quantitative estimate of drug-likeness (QED) is 0.826. The van der Waals surface area contributed by atoms with Gasteiger partial charge in [-0.25, -0.2) is 9.18 Å². The summed E-state index contributed by atoms with van der Waals surface area (Å²) >= 11 is 0. The lowest BCUT2D eigenvalue weighted by atomic mass is 9.94. The van der Waals surface area contributed by atoms with Crippen molar-refractivity contribution in [1.82, 2.24) is 4.90 Å². The number of benzene rings is 1. The Balaban J connectivity index is 1.91. The fourth-order valence-corrected chi connectivity index (χ4v) is 2.67. The number of hydrogen-bond acceptors (Lipinski definition) is 3. The van der Waals surface area contributed by atoms with Gasteiger partial charge in [0.1, 0.15) is 12.8 Å². The maximum atomic E-state index is 13.9. The van der Waals surface area contributed by atoms with Gasteiger partial charge in [0, 0.05) is 12.5 Å². The number of hydrogen-bond donors (Lipinski definition) is 1. The Bertz CT molecular complexity index is 532. The van der Waals surface area contributed by atoms with E-state index < -0.39 is 12.3 Å². The molecule has 4 nitrogen and oxygen atoms in total. The maximum absolute atomic E-state index is 13.9. The Labute approximate surface area is 136 Å². The number of halogens is 1. The molecule has 0 aromatic heterocycles. The molecule has 126 valence electrons. The Morgan fingerprint density at radius 3 is 2.83 bits per heavy atom. The topological polar surface area (TPSA) is 49.8 Å². The highest BCUT2D eigenvalue weighted by molar-refractivity contribution is 5.68. The molecular formula is C18H24FNO3. The Hall–Kier alpha value is -2.04. The predicted molar refractivity (Wildman–Crippen MR) is 86.8 cm³/mol. The summed E-state index contributed by atoms with van der Waals surface area (Å²) in [5.74, 6) is -0.176. The zero-order chi connectivity index (χ0) is 16.7. The van der Waals surface area contributed by atoms with E-state index >= 15 is 0 Å². The molecule has 5 heteroatoms. The molecule has 1 amide bonds. The van der Waals surface area contributed by atoms with Crippen molar-refractivity contribution in [2.45, 2.75) is 39.0 Å². The lowest BCUT2D eigenvalue weighted by Gasteiger charge is -2.33. The Morgan fingerprint density at radius 2 is 2.13 bits per heavy atom. The average Bonchev–Trinajstić information content (AvgIpc) is 2.57. The minimum Gasteiger partial charge on any atom is -0.512 e. The fourth-order valence-electron chi connectivity index (χ4n) is 2.67. The number of amides is 1. The van der Waals surface area contributed by atoms with Gasteiger partial charge in [0.05, 0.1) is 12.3 Å². The second-order valence-corrected chi connectivity index (χ2v) is 5.89. The summed E-state index contributed by atoms with van der Waals surface area (Å²) < 4.78 is 19.1. The van der Waals surface area contributed by atoms with Gasteiger partial charge in [-0.2, -0.15) is 0 Å². The minimum absolute atomic E-state index is 0.0190. The van der Waals surface area contributed by atoms with Crippen LogP contribution in [0, 0.1) is 5.92 Å². The van der Waals surface area contributed by atoms with Crippen molar-refractivity contribution in [2.24, 2.45) is 5.92 Å². The molecule has 0 spiro atoms. The summed E-state index contributed by atoms with van der Waals surface area (Å²) in [4.78, 5) is 13.5. The summed E-state index contributed by atoms with van der Waals surface area (Å²) in [5, 5.41) is 10.0. The summed E-state index contributed by atoms with van der Waals surface area (Å²) in [7, 11) is 0. The lowest BCUT2D eigenvalue weighted by Crippen LogP contribution is -2.45. The van der Waals surface area contributed by atoms with Crippen LogP contribution in [0.25, 0.3) is 0 Å². The normalized spacial score (nSPS) is 22.0. The number of alkyl halides is 1. The van der Waals surface area contributed by atoms with Gasteiger partial charge >= 0.3 is 6.09 Å². The molecule has 2 atom stereocenters. The van der Waals surface area contributed by atoms with Gasteiger partial charge < -0.3 is 14.7 Å². The van der Waals surface area contributed by atoms with Crippen LogP contribution in [0.5, 0.6) is 0 Å². The van der Waals surface area contributed by atoms with Gasteiger partial charge in [-0.3, -0.25) is 0 Å². The van der Waals surface area contributed by atoms with E-state index in [9.17, 15) is 14.3 Å². The number of ether oxygens (including phenoxy) is 1. The molecule has 1 fully saturated rings. The first-order chi connectivity index (χ1) is 11.1. The SMILES string of the molecule is CCC/C=C(\O)C1CC(F)CN(C(=O)OCc2ccccc2)C1. The minimum atomic E-state index is -1.14. The highest BCUT2D eigenvalue weighted by Gasteiger charge is 2.32. The number of carbonyl (C=O) groups excluding carboxylic acids is 1. The van der Waals surface area contributed by atoms with Crippen LogP contribution in [0.4, 0.5) is 9.18 Å². The van der Waals surface area contributed by atoms with Gasteiger partial charge in [-0.05, 0) is 24.5 Å². The van der Waals surface area contributed by atoms with Crippen molar-refractivity contribution >= 4 is 6.09 Å². The van der Waals surface area contributed by atoms with Crippen LogP contribution in [0.3, 0.4) is 0 Å². The molecule has 0 radical (unpaired) electrons. The van der Waals surface area contributed by atoms with Gasteiger partial charge in [-0.15, -0.1) is 0 Å². The number of carbonyl (C=O) groups is 1. The van der Waals surface area contributed by atoms with Crippen LogP contribution in [0.2, 0.25) is 0 Å². The first-order valence-corrected chi connectivity index (χ1v) is 8.08. The maximum Gasteiger partial charge on any atom is 0.410 e. The number of likely N-dealkylation sites (tertiary alicyclic amines) is 1. The van der Waals surface area contributed by atoms with Gasteiger partial charge in [-0.1, -0.05) is 43.7 Å². The summed E-state index contributed by atoms with van der Waals surface area (Å²) in [6.45, 7) is 2.48. The molecule has 1 saturated heterocycles. The van der Waals surface area contributed by atoms with Crippen LogP contribution in [0.15, 0.2) is 42.2 Å². The number of aliphatic hydroxyl groups excluding tert-OH is 1. The summed E-state index contributed by atoms with van der Waals surface area (Å²) in [5.41, 5.74) is 0.886. The number of nitrogens with zero attached hydrogens (tertiary/aromatic N) is 1. The van der Waals surface area contributed by atoms with Crippen LogP contribution in [-0.4, -0.2) is 35.4 Å². The van der Waals surface area contributed by atoms with Crippen LogP contribution in [-0.2, 0) is 11.3 Å². The van der Waals surface area contributed by atoms with Gasteiger partial charge in [0.15, 0.2) is 0 Å². The third-order valence-electron chi connectivity index (χ3n) is 3.92. The monoisotopic (exact) mass is 321 g/mol. The van der Waals surface area contributed by atoms with Crippen LogP contribution < -0.4 is 0 Å². The first-order valence-electron chi connectivity index (χ1n) is 8.08. The smallest absolute Gasteiger partial charge is 0.410 e. The molecule has 1 heterocycles. The lowest BCUT2D eigenvalue weighted by molar-refractivity contribution is 0.0539. The van der Waals surface area contributed by atoms with Crippen molar-refractivity contribution in [2.75, 3.05) is 13.1 Å². The molecule has 2 rings (SSSR count). The van der Waals surface area contributed by atoms with E-state index in [0.717, 1.165) is 18.4 Å². The number of aliphatic hydroxyl groups is 1. The van der Waals surface area contributed by atoms with E-state index in [1.165, 1.54) is 4.90 Å². The molecule has 1 aromatic carbocycles. The molecule has 0 saturated carbocycles. The van der Waals surface area contributed by atoms with Crippen molar-refractivity contribution in [1.29, 1.82) is 0 Å². The second kappa shape index (κ2) is 8.56. The van der Waals surface area contributed by atoms with E-state index in [2.05, 4.69) is 0 Å². The van der Waals surface area contributed by atoms with Gasteiger partial charge in [0.25, 0.3) is 0 Å². The number of piperidine rings is 1. The molecule has 1 aliphatic rings. The summed E-state index contributed by atoms with van der Waals surface area (Å²) in [6.07, 6.45) is 1.95. The Morgan fingerprint density at radius 1 is 1.39 bits per heavy atom. The third kappa shape index (κ3) is 5.27. The Kier molecular flexibility index (Phi) is 6.44. The van der Waals surface area contributed by atoms with E-state index in [0.29, 0.717) is 6.54 Å².